The zero-order chi connectivity index (χ0) is 11.8. The maximum absolute atomic E-state index is 9.87. The van der Waals surface area contributed by atoms with Crippen molar-refractivity contribution in [1.29, 1.82) is 0 Å². The fourth-order valence-electron chi connectivity index (χ4n) is 1.49. The fraction of sp³-hybridized carbons (Fsp3) is 0.429. The maximum Gasteiger partial charge on any atom is 0.0824 e. The largest absolute Gasteiger partial charge is 0.388 e. The van der Waals surface area contributed by atoms with E-state index in [9.17, 15) is 5.11 Å². The van der Waals surface area contributed by atoms with Gasteiger partial charge in [0.15, 0.2) is 0 Å². The number of hydrogen-bond acceptors (Lipinski definition) is 2. The van der Waals surface area contributed by atoms with Gasteiger partial charge in [-0.15, -0.1) is 0 Å². The van der Waals surface area contributed by atoms with Gasteiger partial charge in [-0.2, -0.15) is 0 Å². The van der Waals surface area contributed by atoms with Crippen molar-refractivity contribution in [2.75, 3.05) is 20.6 Å². The third-order valence-electron chi connectivity index (χ3n) is 2.45. The molecular formula is C14H21NO. The second-order valence-electron chi connectivity index (χ2n) is 4.23. The van der Waals surface area contributed by atoms with Crippen LogP contribution >= 0.6 is 0 Å². The van der Waals surface area contributed by atoms with Gasteiger partial charge in [-0.1, -0.05) is 42.5 Å². The molecule has 0 aliphatic carbocycles. The Hall–Kier alpha value is -1.12. The van der Waals surface area contributed by atoms with E-state index in [0.717, 1.165) is 18.5 Å². The van der Waals surface area contributed by atoms with E-state index >= 15 is 0 Å². The van der Waals surface area contributed by atoms with Crippen LogP contribution in [0.3, 0.4) is 0 Å². The van der Waals surface area contributed by atoms with Crippen molar-refractivity contribution in [3.63, 3.8) is 0 Å². The highest BCUT2D eigenvalue weighted by Gasteiger charge is 2.03. The quantitative estimate of drug-likeness (QED) is 0.743. The normalized spacial score (nSPS) is 13.5. The van der Waals surface area contributed by atoms with Crippen LogP contribution in [0.25, 0.3) is 0 Å². The van der Waals surface area contributed by atoms with Gasteiger partial charge in [0.2, 0.25) is 0 Å². The highest BCUT2D eigenvalue weighted by atomic mass is 16.3. The monoisotopic (exact) mass is 219 g/mol. The fourth-order valence-corrected chi connectivity index (χ4v) is 1.49. The molecule has 0 radical (unpaired) electrons. The topological polar surface area (TPSA) is 23.5 Å². The molecule has 1 aromatic rings. The average Bonchev–Trinajstić information content (AvgIpc) is 2.29. The Bertz CT molecular complexity index is 306. The van der Waals surface area contributed by atoms with Crippen LogP contribution in [0.1, 0.15) is 24.5 Å². The Balaban J connectivity index is 2.27. The van der Waals surface area contributed by atoms with Gasteiger partial charge in [0, 0.05) is 6.54 Å². The molecule has 0 bridgehead atoms. The molecular weight excluding hydrogens is 198 g/mol. The minimum atomic E-state index is -0.378. The van der Waals surface area contributed by atoms with E-state index in [4.69, 9.17) is 0 Å². The van der Waals surface area contributed by atoms with Crippen molar-refractivity contribution in [2.24, 2.45) is 0 Å². The molecule has 2 heteroatoms. The molecule has 0 saturated heterocycles. The van der Waals surface area contributed by atoms with Gasteiger partial charge >= 0.3 is 0 Å². The molecule has 1 rings (SSSR count). The van der Waals surface area contributed by atoms with Crippen LogP contribution in [0.15, 0.2) is 42.5 Å². The van der Waals surface area contributed by atoms with E-state index in [1.54, 1.807) is 0 Å². The average molecular weight is 219 g/mol. The summed E-state index contributed by atoms with van der Waals surface area (Å²) in [6.45, 7) is 1.05. The SMILES string of the molecule is CN(C)CC/C=C/CC(O)c1ccccc1. The summed E-state index contributed by atoms with van der Waals surface area (Å²) in [6, 6.07) is 9.78. The van der Waals surface area contributed by atoms with Crippen molar-refractivity contribution < 1.29 is 5.11 Å². The summed E-state index contributed by atoms with van der Waals surface area (Å²) < 4.78 is 0. The standard InChI is InChI=1S/C14H21NO/c1-15(2)12-8-4-7-11-14(16)13-9-5-3-6-10-13/h3-7,9-10,14,16H,8,11-12H2,1-2H3/b7-4+. The first kappa shape index (κ1) is 12.9. The Morgan fingerprint density at radius 1 is 1.19 bits per heavy atom. The second kappa shape index (κ2) is 7.20. The van der Waals surface area contributed by atoms with Crippen LogP contribution in [-0.4, -0.2) is 30.6 Å². The summed E-state index contributed by atoms with van der Waals surface area (Å²) in [5.74, 6) is 0. The van der Waals surface area contributed by atoms with Crippen molar-refractivity contribution in [1.82, 2.24) is 4.90 Å². The van der Waals surface area contributed by atoms with Crippen LogP contribution < -0.4 is 0 Å². The maximum atomic E-state index is 9.87. The molecule has 0 aromatic heterocycles. The molecule has 0 aliphatic rings. The van der Waals surface area contributed by atoms with Crippen molar-refractivity contribution in [3.05, 3.63) is 48.0 Å². The van der Waals surface area contributed by atoms with E-state index in [0.29, 0.717) is 6.42 Å². The lowest BCUT2D eigenvalue weighted by Crippen LogP contribution is -2.11. The zero-order valence-corrected chi connectivity index (χ0v) is 10.1. The summed E-state index contributed by atoms with van der Waals surface area (Å²) in [6.07, 6.45) is 5.54. The molecule has 16 heavy (non-hydrogen) atoms. The number of aliphatic hydroxyl groups excluding tert-OH is 1. The molecule has 1 atom stereocenters. The Morgan fingerprint density at radius 3 is 2.50 bits per heavy atom. The van der Waals surface area contributed by atoms with E-state index in [2.05, 4.69) is 31.1 Å². The molecule has 1 N–H and O–H groups in total. The minimum absolute atomic E-state index is 0.378. The summed E-state index contributed by atoms with van der Waals surface area (Å²) in [5.41, 5.74) is 0.986. The van der Waals surface area contributed by atoms with Crippen LogP contribution in [0, 0.1) is 0 Å². The molecule has 0 heterocycles. The van der Waals surface area contributed by atoms with Crippen molar-refractivity contribution >= 4 is 0 Å². The third-order valence-corrected chi connectivity index (χ3v) is 2.45. The van der Waals surface area contributed by atoms with Crippen molar-refractivity contribution in [2.45, 2.75) is 18.9 Å². The lowest BCUT2D eigenvalue weighted by atomic mass is 10.1. The molecule has 0 amide bonds. The van der Waals surface area contributed by atoms with Gasteiger partial charge in [0.1, 0.15) is 0 Å². The van der Waals surface area contributed by atoms with Gasteiger partial charge in [-0.05, 0) is 32.5 Å². The number of hydrogen-bond donors (Lipinski definition) is 1. The second-order valence-corrected chi connectivity index (χ2v) is 4.23. The van der Waals surface area contributed by atoms with Crippen LogP contribution in [0.5, 0.6) is 0 Å². The lowest BCUT2D eigenvalue weighted by Gasteiger charge is -2.08. The molecule has 1 aromatic carbocycles. The number of aliphatic hydroxyl groups is 1. The Morgan fingerprint density at radius 2 is 1.88 bits per heavy atom. The van der Waals surface area contributed by atoms with E-state index in [-0.39, 0.29) is 6.10 Å². The number of benzene rings is 1. The van der Waals surface area contributed by atoms with Crippen LogP contribution in [0.4, 0.5) is 0 Å². The summed E-state index contributed by atoms with van der Waals surface area (Å²) in [7, 11) is 4.12. The Kier molecular flexibility index (Phi) is 5.83. The third kappa shape index (κ3) is 5.10. The summed E-state index contributed by atoms with van der Waals surface area (Å²) in [4.78, 5) is 2.15. The molecule has 0 spiro atoms. The highest BCUT2D eigenvalue weighted by Crippen LogP contribution is 2.16. The minimum Gasteiger partial charge on any atom is -0.388 e. The molecule has 0 saturated carbocycles. The van der Waals surface area contributed by atoms with Gasteiger partial charge in [-0.25, -0.2) is 0 Å². The smallest absolute Gasteiger partial charge is 0.0824 e. The van der Waals surface area contributed by atoms with Crippen LogP contribution in [-0.2, 0) is 0 Å². The molecule has 88 valence electrons. The molecule has 2 nitrogen and oxygen atoms in total. The summed E-state index contributed by atoms with van der Waals surface area (Å²) in [5, 5.41) is 9.87. The van der Waals surface area contributed by atoms with E-state index in [1.807, 2.05) is 30.3 Å². The Labute approximate surface area is 98.2 Å². The molecule has 0 aliphatic heterocycles. The van der Waals surface area contributed by atoms with E-state index in [1.165, 1.54) is 0 Å². The number of rotatable bonds is 6. The van der Waals surface area contributed by atoms with E-state index < -0.39 is 0 Å². The van der Waals surface area contributed by atoms with Crippen molar-refractivity contribution in [3.8, 4) is 0 Å². The first-order valence-corrected chi connectivity index (χ1v) is 5.73. The lowest BCUT2D eigenvalue weighted by molar-refractivity contribution is 0.181. The van der Waals surface area contributed by atoms with Crippen LogP contribution in [0.2, 0.25) is 0 Å². The van der Waals surface area contributed by atoms with Gasteiger partial charge in [0.25, 0.3) is 0 Å². The zero-order valence-electron chi connectivity index (χ0n) is 10.1. The van der Waals surface area contributed by atoms with Gasteiger partial charge in [0.05, 0.1) is 6.10 Å². The first-order chi connectivity index (χ1) is 7.70. The summed E-state index contributed by atoms with van der Waals surface area (Å²) >= 11 is 0. The highest BCUT2D eigenvalue weighted by molar-refractivity contribution is 5.17. The predicted octanol–water partition coefficient (Wildman–Crippen LogP) is 2.62. The molecule has 1 unspecified atom stereocenters. The van der Waals surface area contributed by atoms with Gasteiger partial charge in [-0.3, -0.25) is 0 Å². The molecule has 0 fully saturated rings. The number of nitrogens with zero attached hydrogens (tertiary/aromatic N) is 1. The predicted molar refractivity (Wildman–Crippen MR) is 68.3 cm³/mol. The van der Waals surface area contributed by atoms with Gasteiger partial charge < -0.3 is 10.0 Å². The first-order valence-electron chi connectivity index (χ1n) is 5.73.